The highest BCUT2D eigenvalue weighted by atomic mass is 32.2. The fourth-order valence-corrected chi connectivity index (χ4v) is 5.67. The zero-order valence-corrected chi connectivity index (χ0v) is 19.2. The molecule has 2 saturated heterocycles. The molecule has 1 amide bonds. The van der Waals surface area contributed by atoms with Crippen LogP contribution in [-0.4, -0.2) is 69.8 Å². The number of thiocarbonyl (C=S) groups is 1. The zero-order chi connectivity index (χ0) is 21.0. The van der Waals surface area contributed by atoms with Crippen LogP contribution in [0.5, 0.6) is 0 Å². The number of Topliss-reactive ketones (excluding diaryl/α,β-unsaturated/α-hetero) is 1. The van der Waals surface area contributed by atoms with Crippen LogP contribution in [0.2, 0.25) is 0 Å². The fraction of sp³-hybridized carbons (Fsp3) is 0.591. The van der Waals surface area contributed by atoms with Crippen LogP contribution >= 0.6 is 24.0 Å². The Hall–Kier alpha value is -1.60. The van der Waals surface area contributed by atoms with Gasteiger partial charge in [-0.05, 0) is 64.3 Å². The van der Waals surface area contributed by atoms with Crippen molar-refractivity contribution in [1.82, 2.24) is 9.80 Å². The molecule has 2 heterocycles. The summed E-state index contributed by atoms with van der Waals surface area (Å²) in [4.78, 5) is 30.6. The fourth-order valence-electron chi connectivity index (χ4n) is 4.19. The summed E-state index contributed by atoms with van der Waals surface area (Å²) in [7, 11) is 0. The minimum absolute atomic E-state index is 0.0794. The Morgan fingerprint density at radius 3 is 2.17 bits per heavy atom. The lowest BCUT2D eigenvalue weighted by Gasteiger charge is -2.40. The second-order valence-electron chi connectivity index (χ2n) is 8.06. The summed E-state index contributed by atoms with van der Waals surface area (Å²) in [5, 5.41) is 0. The maximum absolute atomic E-state index is 12.7. The Bertz CT molecular complexity index is 735. The van der Waals surface area contributed by atoms with E-state index in [1.807, 2.05) is 29.2 Å². The number of piperidine rings is 1. The number of nitrogens with zero attached hydrogens (tertiary/aromatic N) is 3. The van der Waals surface area contributed by atoms with Crippen molar-refractivity contribution in [3.63, 3.8) is 0 Å². The number of benzene rings is 1. The molecule has 2 atom stereocenters. The zero-order valence-electron chi connectivity index (χ0n) is 17.6. The molecule has 2 aliphatic heterocycles. The molecular formula is C22H31N3O2S2. The predicted octanol–water partition coefficient (Wildman–Crippen LogP) is 3.82. The van der Waals surface area contributed by atoms with Crippen LogP contribution in [0.15, 0.2) is 24.3 Å². The van der Waals surface area contributed by atoms with Gasteiger partial charge in [0, 0.05) is 49.5 Å². The molecule has 158 valence electrons. The number of amides is 1. The molecule has 7 heteroatoms. The van der Waals surface area contributed by atoms with Crippen molar-refractivity contribution in [3.8, 4) is 0 Å². The molecule has 0 bridgehead atoms. The summed E-state index contributed by atoms with van der Waals surface area (Å²) >= 11 is 7.16. The monoisotopic (exact) mass is 433 g/mol. The molecule has 5 nitrogen and oxygen atoms in total. The molecule has 0 aliphatic carbocycles. The Balaban J connectivity index is 1.46. The lowest BCUT2D eigenvalue weighted by Crippen LogP contribution is -2.50. The van der Waals surface area contributed by atoms with E-state index in [2.05, 4.69) is 23.6 Å². The van der Waals surface area contributed by atoms with E-state index in [0.29, 0.717) is 17.8 Å². The second-order valence-corrected chi connectivity index (χ2v) is 9.67. The van der Waals surface area contributed by atoms with E-state index in [-0.39, 0.29) is 11.7 Å². The molecule has 0 spiro atoms. The molecule has 2 fully saturated rings. The SMILES string of the molecule is CC(=O)c1ccc(N2CCN(C(=O)CSC(=S)N3[C@H](C)CCC[C@H]3C)CC2)cc1. The first-order valence-electron chi connectivity index (χ1n) is 10.5. The van der Waals surface area contributed by atoms with E-state index < -0.39 is 0 Å². The van der Waals surface area contributed by atoms with Gasteiger partial charge in [0.1, 0.15) is 4.32 Å². The highest BCUT2D eigenvalue weighted by Crippen LogP contribution is 2.27. The van der Waals surface area contributed by atoms with Crippen LogP contribution in [0.3, 0.4) is 0 Å². The van der Waals surface area contributed by atoms with Crippen molar-refractivity contribution >= 4 is 45.7 Å². The van der Waals surface area contributed by atoms with E-state index >= 15 is 0 Å². The number of carbonyl (C=O) groups excluding carboxylic acids is 2. The Kier molecular flexibility index (Phi) is 7.57. The van der Waals surface area contributed by atoms with E-state index in [9.17, 15) is 9.59 Å². The molecule has 1 aromatic rings. The normalized spacial score (nSPS) is 22.5. The quantitative estimate of drug-likeness (QED) is 0.531. The van der Waals surface area contributed by atoms with Gasteiger partial charge in [0.15, 0.2) is 5.78 Å². The Morgan fingerprint density at radius 1 is 1.03 bits per heavy atom. The van der Waals surface area contributed by atoms with Gasteiger partial charge in [-0.25, -0.2) is 0 Å². The van der Waals surface area contributed by atoms with Crippen molar-refractivity contribution in [1.29, 1.82) is 0 Å². The van der Waals surface area contributed by atoms with Gasteiger partial charge in [-0.2, -0.15) is 0 Å². The topological polar surface area (TPSA) is 43.9 Å². The molecular weight excluding hydrogens is 402 g/mol. The number of ketones is 1. The van der Waals surface area contributed by atoms with Crippen LogP contribution in [0.1, 0.15) is 50.4 Å². The summed E-state index contributed by atoms with van der Waals surface area (Å²) in [5.41, 5.74) is 1.83. The first-order chi connectivity index (χ1) is 13.9. The number of piperazine rings is 1. The van der Waals surface area contributed by atoms with Crippen molar-refractivity contribution < 1.29 is 9.59 Å². The third-order valence-corrected chi connectivity index (χ3v) is 7.41. The summed E-state index contributed by atoms with van der Waals surface area (Å²) in [5.74, 6) is 0.666. The summed E-state index contributed by atoms with van der Waals surface area (Å²) in [6.45, 7) is 9.09. The lowest BCUT2D eigenvalue weighted by molar-refractivity contribution is -0.128. The predicted molar refractivity (Wildman–Crippen MR) is 125 cm³/mol. The Morgan fingerprint density at radius 2 is 1.62 bits per heavy atom. The highest BCUT2D eigenvalue weighted by Gasteiger charge is 2.28. The average molecular weight is 434 g/mol. The maximum Gasteiger partial charge on any atom is 0.233 e. The van der Waals surface area contributed by atoms with Gasteiger partial charge in [-0.3, -0.25) is 9.59 Å². The van der Waals surface area contributed by atoms with E-state index in [4.69, 9.17) is 12.2 Å². The summed E-state index contributed by atoms with van der Waals surface area (Å²) < 4.78 is 0.863. The van der Waals surface area contributed by atoms with Gasteiger partial charge in [0.25, 0.3) is 0 Å². The van der Waals surface area contributed by atoms with E-state index in [1.165, 1.54) is 31.0 Å². The first kappa shape index (κ1) is 22.1. The van der Waals surface area contributed by atoms with Gasteiger partial charge in [-0.15, -0.1) is 0 Å². The molecule has 0 saturated carbocycles. The smallest absolute Gasteiger partial charge is 0.233 e. The third kappa shape index (κ3) is 5.51. The van der Waals surface area contributed by atoms with Crippen molar-refractivity contribution in [3.05, 3.63) is 29.8 Å². The van der Waals surface area contributed by atoms with Crippen LogP contribution in [0, 0.1) is 0 Å². The van der Waals surface area contributed by atoms with Crippen LogP contribution in [-0.2, 0) is 4.79 Å². The number of hydrogen-bond donors (Lipinski definition) is 0. The molecule has 0 radical (unpaired) electrons. The first-order valence-corrected chi connectivity index (χ1v) is 11.8. The van der Waals surface area contributed by atoms with Crippen LogP contribution in [0.25, 0.3) is 0 Å². The number of anilines is 1. The van der Waals surface area contributed by atoms with Crippen molar-refractivity contribution in [2.45, 2.75) is 52.1 Å². The van der Waals surface area contributed by atoms with E-state index in [0.717, 1.165) is 41.8 Å². The maximum atomic E-state index is 12.7. The molecule has 1 aromatic carbocycles. The molecule has 3 rings (SSSR count). The van der Waals surface area contributed by atoms with Gasteiger partial charge in [0.2, 0.25) is 5.91 Å². The van der Waals surface area contributed by atoms with Gasteiger partial charge >= 0.3 is 0 Å². The number of thioether (sulfide) groups is 1. The molecule has 0 aromatic heterocycles. The second kappa shape index (κ2) is 9.94. The van der Waals surface area contributed by atoms with Gasteiger partial charge in [-0.1, -0.05) is 24.0 Å². The number of hydrogen-bond acceptors (Lipinski definition) is 5. The molecule has 2 aliphatic rings. The Labute approximate surface area is 183 Å². The van der Waals surface area contributed by atoms with E-state index in [1.54, 1.807) is 6.92 Å². The average Bonchev–Trinajstić information content (AvgIpc) is 2.72. The van der Waals surface area contributed by atoms with Crippen molar-refractivity contribution in [2.75, 3.05) is 36.8 Å². The largest absolute Gasteiger partial charge is 0.368 e. The minimum atomic E-state index is 0.0794. The number of carbonyl (C=O) groups is 2. The molecule has 0 unspecified atom stereocenters. The standard InChI is InChI=1S/C22H31N3O2S2/c1-16-5-4-6-17(2)25(16)22(28)29-15-21(27)24-13-11-23(12-14-24)20-9-7-19(8-10-20)18(3)26/h7-10,16-17H,4-6,11-15H2,1-3H3/t16-,17-/m1/s1. The molecule has 29 heavy (non-hydrogen) atoms. The minimum Gasteiger partial charge on any atom is -0.368 e. The van der Waals surface area contributed by atoms with Gasteiger partial charge < -0.3 is 14.7 Å². The van der Waals surface area contributed by atoms with Crippen LogP contribution in [0.4, 0.5) is 5.69 Å². The van der Waals surface area contributed by atoms with Crippen molar-refractivity contribution in [2.24, 2.45) is 0 Å². The summed E-state index contributed by atoms with van der Waals surface area (Å²) in [6.07, 6.45) is 3.61. The van der Waals surface area contributed by atoms with Crippen LogP contribution < -0.4 is 4.90 Å². The third-order valence-electron chi connectivity index (χ3n) is 5.99. The number of likely N-dealkylation sites (tertiary alicyclic amines) is 1. The number of rotatable bonds is 4. The van der Waals surface area contributed by atoms with Gasteiger partial charge in [0.05, 0.1) is 5.75 Å². The lowest BCUT2D eigenvalue weighted by atomic mass is 9.99. The highest BCUT2D eigenvalue weighted by molar-refractivity contribution is 8.23. The molecule has 0 N–H and O–H groups in total. The summed E-state index contributed by atoms with van der Waals surface area (Å²) in [6, 6.07) is 8.65.